The lowest BCUT2D eigenvalue weighted by atomic mass is 10.2. The number of sulfonamides is 1. The third kappa shape index (κ3) is 6.36. The standard InChI is InChI=1S/C25H21Cl2N5O6S/c1-2-3-14-38-25(35)15-4-8-17(9-5-15)32-23(33)21(27)22(24(32)34)28-16-6-10-18(11-7-16)39(36,37)31-20-13-12-19(26)29-30-20/h4-13,28H,2-3,14H2,1H3,(H,30,31). The summed E-state index contributed by atoms with van der Waals surface area (Å²) in [7, 11) is -3.99. The van der Waals surface area contributed by atoms with Gasteiger partial charge in [0.25, 0.3) is 21.8 Å². The van der Waals surface area contributed by atoms with E-state index < -0.39 is 27.8 Å². The fourth-order valence-corrected chi connectivity index (χ4v) is 4.72. The minimum Gasteiger partial charge on any atom is -0.462 e. The smallest absolute Gasteiger partial charge is 0.338 e. The van der Waals surface area contributed by atoms with Gasteiger partial charge in [0.1, 0.15) is 10.7 Å². The molecule has 2 aromatic carbocycles. The van der Waals surface area contributed by atoms with Crippen LogP contribution in [0.3, 0.4) is 0 Å². The molecule has 202 valence electrons. The van der Waals surface area contributed by atoms with Crippen molar-refractivity contribution in [2.75, 3.05) is 21.5 Å². The number of imide groups is 1. The number of esters is 1. The number of benzene rings is 2. The second-order valence-electron chi connectivity index (χ2n) is 8.17. The Balaban J connectivity index is 1.45. The van der Waals surface area contributed by atoms with Crippen LogP contribution >= 0.6 is 23.2 Å². The predicted molar refractivity (Wildman–Crippen MR) is 145 cm³/mol. The predicted octanol–water partition coefficient (Wildman–Crippen LogP) is 4.32. The van der Waals surface area contributed by atoms with E-state index in [4.69, 9.17) is 27.9 Å². The molecule has 0 radical (unpaired) electrons. The van der Waals surface area contributed by atoms with E-state index in [0.717, 1.165) is 17.7 Å². The van der Waals surface area contributed by atoms with Crippen molar-refractivity contribution >= 4 is 68.2 Å². The number of anilines is 3. The molecule has 2 N–H and O–H groups in total. The second-order valence-corrected chi connectivity index (χ2v) is 10.6. The molecule has 0 atom stereocenters. The summed E-state index contributed by atoms with van der Waals surface area (Å²) in [5.74, 6) is -2.00. The molecule has 0 fully saturated rings. The monoisotopic (exact) mass is 589 g/mol. The topological polar surface area (TPSA) is 148 Å². The zero-order valence-corrected chi connectivity index (χ0v) is 22.7. The van der Waals surface area contributed by atoms with E-state index in [1.54, 1.807) is 0 Å². The van der Waals surface area contributed by atoms with Crippen molar-refractivity contribution in [3.8, 4) is 0 Å². The fourth-order valence-electron chi connectivity index (χ4n) is 3.41. The maximum absolute atomic E-state index is 13.1. The van der Waals surface area contributed by atoms with E-state index in [9.17, 15) is 22.8 Å². The van der Waals surface area contributed by atoms with Gasteiger partial charge in [-0.25, -0.2) is 18.1 Å². The molecule has 1 aliphatic heterocycles. The Morgan fingerprint density at radius 3 is 2.26 bits per heavy atom. The molecule has 14 heteroatoms. The van der Waals surface area contributed by atoms with Crippen molar-refractivity contribution in [1.82, 2.24) is 10.2 Å². The largest absolute Gasteiger partial charge is 0.462 e. The molecule has 0 saturated heterocycles. The summed E-state index contributed by atoms with van der Waals surface area (Å²) < 4.78 is 32.7. The maximum atomic E-state index is 13.1. The van der Waals surface area contributed by atoms with Crippen LogP contribution in [-0.2, 0) is 24.3 Å². The number of halogens is 2. The first kappa shape index (κ1) is 28.0. The van der Waals surface area contributed by atoms with E-state index in [1.165, 1.54) is 60.7 Å². The highest BCUT2D eigenvalue weighted by Gasteiger charge is 2.39. The number of rotatable bonds is 10. The lowest BCUT2D eigenvalue weighted by molar-refractivity contribution is -0.120. The Hall–Kier alpha value is -4.00. The second kappa shape index (κ2) is 11.8. The van der Waals surface area contributed by atoms with Crippen LogP contribution in [-0.4, -0.2) is 43.0 Å². The quantitative estimate of drug-likeness (QED) is 0.200. The molecule has 0 aliphatic carbocycles. The van der Waals surface area contributed by atoms with Gasteiger partial charge < -0.3 is 10.1 Å². The Morgan fingerprint density at radius 2 is 1.64 bits per heavy atom. The first-order valence-corrected chi connectivity index (χ1v) is 13.8. The number of carbonyl (C=O) groups excluding carboxylic acids is 3. The van der Waals surface area contributed by atoms with Gasteiger partial charge in [0, 0.05) is 5.69 Å². The van der Waals surface area contributed by atoms with Crippen LogP contribution in [0.1, 0.15) is 30.1 Å². The van der Waals surface area contributed by atoms with E-state index in [0.29, 0.717) is 12.3 Å². The molecule has 2 amide bonds. The lowest BCUT2D eigenvalue weighted by Gasteiger charge is -2.15. The number of amides is 2. The van der Waals surface area contributed by atoms with Crippen molar-refractivity contribution in [1.29, 1.82) is 0 Å². The normalized spacial score (nSPS) is 13.6. The molecule has 1 aromatic heterocycles. The van der Waals surface area contributed by atoms with Gasteiger partial charge in [-0.1, -0.05) is 36.5 Å². The summed E-state index contributed by atoms with van der Waals surface area (Å²) in [5, 5.41) is 9.77. The third-order valence-corrected chi connectivity index (χ3v) is 7.35. The van der Waals surface area contributed by atoms with Crippen molar-refractivity contribution in [3.63, 3.8) is 0 Å². The molecular formula is C25H21Cl2N5O6S. The average molecular weight is 590 g/mol. The van der Waals surface area contributed by atoms with Crippen LogP contribution in [0.15, 0.2) is 76.3 Å². The van der Waals surface area contributed by atoms with Crippen LogP contribution in [0, 0.1) is 0 Å². The van der Waals surface area contributed by atoms with Crippen LogP contribution in [0.5, 0.6) is 0 Å². The van der Waals surface area contributed by atoms with Gasteiger partial charge in [0.05, 0.1) is 22.8 Å². The number of ether oxygens (including phenoxy) is 1. The van der Waals surface area contributed by atoms with Crippen molar-refractivity contribution < 1.29 is 27.5 Å². The van der Waals surface area contributed by atoms with E-state index in [-0.39, 0.29) is 37.8 Å². The maximum Gasteiger partial charge on any atom is 0.338 e. The first-order valence-electron chi connectivity index (χ1n) is 11.6. The molecule has 0 saturated carbocycles. The SMILES string of the molecule is CCCCOC(=O)c1ccc(N2C(=O)C(Cl)=C(Nc3ccc(S(=O)(=O)Nc4ccc(Cl)nn4)cc3)C2=O)cc1. The van der Waals surface area contributed by atoms with E-state index in [1.807, 2.05) is 6.92 Å². The minimum absolute atomic E-state index is 0.0184. The molecule has 11 nitrogen and oxygen atoms in total. The Morgan fingerprint density at radius 1 is 0.949 bits per heavy atom. The van der Waals surface area contributed by atoms with Crippen LogP contribution in [0.2, 0.25) is 5.15 Å². The molecule has 0 bridgehead atoms. The average Bonchev–Trinajstić information content (AvgIpc) is 3.13. The van der Waals surface area contributed by atoms with Crippen LogP contribution in [0.25, 0.3) is 0 Å². The third-order valence-electron chi connectivity index (χ3n) is 5.42. The molecular weight excluding hydrogens is 569 g/mol. The molecule has 2 heterocycles. The van der Waals surface area contributed by atoms with Crippen molar-refractivity contribution in [3.05, 3.63) is 82.1 Å². The number of carbonyl (C=O) groups is 3. The zero-order chi connectivity index (χ0) is 28.2. The van der Waals surface area contributed by atoms with E-state index >= 15 is 0 Å². The fraction of sp³-hybridized carbons (Fsp3) is 0.160. The highest BCUT2D eigenvalue weighted by Crippen LogP contribution is 2.30. The molecule has 0 spiro atoms. The van der Waals surface area contributed by atoms with Gasteiger partial charge in [-0.3, -0.25) is 14.3 Å². The first-order chi connectivity index (χ1) is 18.6. The molecule has 0 unspecified atom stereocenters. The van der Waals surface area contributed by atoms with Gasteiger partial charge in [0.15, 0.2) is 11.0 Å². The number of aromatic nitrogens is 2. The number of unbranched alkanes of at least 4 members (excludes halogenated alkanes) is 1. The summed E-state index contributed by atoms with van der Waals surface area (Å²) in [6, 6.07) is 13.9. The molecule has 1 aliphatic rings. The van der Waals surface area contributed by atoms with Crippen LogP contribution < -0.4 is 14.9 Å². The summed E-state index contributed by atoms with van der Waals surface area (Å²) in [4.78, 5) is 38.7. The van der Waals surface area contributed by atoms with Gasteiger partial charge >= 0.3 is 5.97 Å². The summed E-state index contributed by atoms with van der Waals surface area (Å²) >= 11 is 11.8. The summed E-state index contributed by atoms with van der Waals surface area (Å²) in [5.41, 5.74) is 0.610. The van der Waals surface area contributed by atoms with Gasteiger partial charge in [-0.2, -0.15) is 0 Å². The van der Waals surface area contributed by atoms with Crippen LogP contribution in [0.4, 0.5) is 17.2 Å². The lowest BCUT2D eigenvalue weighted by Crippen LogP contribution is -2.32. The zero-order valence-electron chi connectivity index (χ0n) is 20.4. The Bertz CT molecular complexity index is 1540. The Labute approximate surface area is 233 Å². The highest BCUT2D eigenvalue weighted by molar-refractivity contribution is 7.92. The Kier molecular flexibility index (Phi) is 8.48. The van der Waals surface area contributed by atoms with E-state index in [2.05, 4.69) is 20.2 Å². The summed E-state index contributed by atoms with van der Waals surface area (Å²) in [6.07, 6.45) is 1.63. The van der Waals surface area contributed by atoms with Gasteiger partial charge in [-0.15, -0.1) is 10.2 Å². The van der Waals surface area contributed by atoms with Crippen molar-refractivity contribution in [2.45, 2.75) is 24.7 Å². The summed E-state index contributed by atoms with van der Waals surface area (Å²) in [6.45, 7) is 2.28. The molecule has 3 aromatic rings. The number of hydrogen-bond donors (Lipinski definition) is 2. The van der Waals surface area contributed by atoms with Crippen molar-refractivity contribution in [2.24, 2.45) is 0 Å². The van der Waals surface area contributed by atoms with Gasteiger partial charge in [0.2, 0.25) is 0 Å². The van der Waals surface area contributed by atoms with Gasteiger partial charge in [-0.05, 0) is 67.1 Å². The highest BCUT2D eigenvalue weighted by atomic mass is 35.5. The number of nitrogens with zero attached hydrogens (tertiary/aromatic N) is 3. The molecule has 39 heavy (non-hydrogen) atoms. The number of hydrogen-bond acceptors (Lipinski definition) is 9. The molecule has 4 rings (SSSR count). The minimum atomic E-state index is -3.99. The number of nitrogens with one attached hydrogen (secondary N) is 2.